The van der Waals surface area contributed by atoms with Crippen LogP contribution in [0.25, 0.3) is 11.1 Å². The Morgan fingerprint density at radius 1 is 1.21 bits per heavy atom. The van der Waals surface area contributed by atoms with Crippen molar-refractivity contribution in [3.05, 3.63) is 76.7 Å². The predicted octanol–water partition coefficient (Wildman–Crippen LogP) is 4.26. The van der Waals surface area contributed by atoms with Crippen molar-refractivity contribution in [1.82, 2.24) is 10.3 Å². The lowest BCUT2D eigenvalue weighted by molar-refractivity contribution is -0.142. The molecular weight excluding hydrogens is 451 g/mol. The monoisotopic (exact) mass is 474 g/mol. The Balaban J connectivity index is 1.80. The second-order valence-corrected chi connectivity index (χ2v) is 8.19. The maximum atomic E-state index is 14.2. The van der Waals surface area contributed by atoms with Crippen molar-refractivity contribution in [2.75, 3.05) is 6.61 Å². The first kappa shape index (κ1) is 24.4. The van der Waals surface area contributed by atoms with Crippen LogP contribution in [0.3, 0.4) is 0 Å². The number of oxazole rings is 1. The van der Waals surface area contributed by atoms with Crippen molar-refractivity contribution in [3.63, 3.8) is 0 Å². The fourth-order valence-electron chi connectivity index (χ4n) is 3.57. The summed E-state index contributed by atoms with van der Waals surface area (Å²) >= 11 is 5.98. The lowest BCUT2D eigenvalue weighted by Crippen LogP contribution is -2.39. The average Bonchev–Trinajstić information content (AvgIpc) is 3.22. The maximum Gasteiger partial charge on any atom is 0.307 e. The number of carbonyl (C=O) groups excluding carboxylic acids is 1. The predicted molar refractivity (Wildman–Crippen MR) is 120 cm³/mol. The number of amides is 1. The summed E-state index contributed by atoms with van der Waals surface area (Å²) < 4.78 is 19.4. The van der Waals surface area contributed by atoms with E-state index < -0.39 is 29.7 Å². The third-order valence-electron chi connectivity index (χ3n) is 5.22. The van der Waals surface area contributed by atoms with E-state index in [9.17, 15) is 24.2 Å². The van der Waals surface area contributed by atoms with Crippen LogP contribution in [-0.4, -0.2) is 39.7 Å². The molecule has 3 N–H and O–H groups in total. The van der Waals surface area contributed by atoms with Crippen LogP contribution in [0, 0.1) is 18.7 Å². The number of carboxylic acids is 1. The summed E-state index contributed by atoms with van der Waals surface area (Å²) in [6, 6.07) is 10.8. The molecule has 1 amide bonds. The lowest BCUT2D eigenvalue weighted by atomic mass is 9.92. The average molecular weight is 475 g/mol. The molecule has 1 aromatic heterocycles. The van der Waals surface area contributed by atoms with Crippen LogP contribution in [0.2, 0.25) is 5.02 Å². The van der Waals surface area contributed by atoms with E-state index in [4.69, 9.17) is 16.0 Å². The molecule has 1 heterocycles. The molecule has 3 aromatic rings. The van der Waals surface area contributed by atoms with E-state index in [0.717, 1.165) is 5.56 Å². The number of aryl methyl sites for hydroxylation is 1. The number of benzene rings is 2. The number of hydrogen-bond donors (Lipinski definition) is 3. The van der Waals surface area contributed by atoms with Gasteiger partial charge in [0.25, 0.3) is 5.89 Å². The fraction of sp³-hybridized carbons (Fsp3) is 0.292. The number of nitrogens with zero attached hydrogens (tertiary/aromatic N) is 1. The third-order valence-corrected chi connectivity index (χ3v) is 5.46. The summed E-state index contributed by atoms with van der Waals surface area (Å²) in [5, 5.41) is 21.9. The molecule has 0 spiro atoms. The molecule has 0 unspecified atom stereocenters. The van der Waals surface area contributed by atoms with Crippen molar-refractivity contribution in [2.24, 2.45) is 5.92 Å². The third kappa shape index (κ3) is 6.63. The molecule has 0 aliphatic carbocycles. The van der Waals surface area contributed by atoms with Crippen LogP contribution in [0.1, 0.15) is 34.9 Å². The first-order valence-electron chi connectivity index (χ1n) is 10.4. The molecule has 33 heavy (non-hydrogen) atoms. The number of aliphatic hydroxyl groups is 1. The largest absolute Gasteiger partial charge is 0.481 e. The van der Waals surface area contributed by atoms with Crippen molar-refractivity contribution in [2.45, 2.75) is 32.2 Å². The summed E-state index contributed by atoms with van der Waals surface area (Å²) in [4.78, 5) is 28.1. The fourth-order valence-corrected chi connectivity index (χ4v) is 3.74. The van der Waals surface area contributed by atoms with Crippen LogP contribution in [-0.2, 0) is 11.2 Å². The molecule has 0 aliphatic rings. The van der Waals surface area contributed by atoms with Crippen LogP contribution >= 0.6 is 11.6 Å². The Morgan fingerprint density at radius 2 is 1.94 bits per heavy atom. The van der Waals surface area contributed by atoms with Crippen LogP contribution in [0.5, 0.6) is 0 Å². The van der Waals surface area contributed by atoms with Gasteiger partial charge < -0.3 is 19.9 Å². The van der Waals surface area contributed by atoms with E-state index in [-0.39, 0.29) is 25.3 Å². The minimum absolute atomic E-state index is 0.0623. The number of carbonyl (C=O) groups is 2. The van der Waals surface area contributed by atoms with Gasteiger partial charge in [0.1, 0.15) is 11.6 Å². The lowest BCUT2D eigenvalue weighted by Gasteiger charge is -2.22. The van der Waals surface area contributed by atoms with Gasteiger partial charge in [-0.3, -0.25) is 9.59 Å². The number of rotatable bonds is 10. The van der Waals surface area contributed by atoms with Gasteiger partial charge >= 0.3 is 11.9 Å². The summed E-state index contributed by atoms with van der Waals surface area (Å²) in [6.07, 6.45) is 1.90. The number of hydrogen-bond acceptors (Lipinski definition) is 5. The van der Waals surface area contributed by atoms with Gasteiger partial charge in [-0.05, 0) is 55.5 Å². The number of nitrogens with one attached hydrogen (secondary N) is 1. The summed E-state index contributed by atoms with van der Waals surface area (Å²) in [5.41, 5.74) is 1.81. The highest BCUT2D eigenvalue weighted by atomic mass is 35.5. The highest BCUT2D eigenvalue weighted by Gasteiger charge is 2.25. The number of aliphatic hydroxyl groups excluding tert-OH is 1. The van der Waals surface area contributed by atoms with Crippen LogP contribution < -0.4 is 5.32 Å². The standard InChI is InChI=1S/C24H24ClFN2O5/c1-14-13-27-23(33-14)22(30)28-19(11-17(8-9-29)24(31)32)10-15-2-4-16(5-3-15)20-12-18(25)6-7-21(20)26/h2-7,12-13,17,19,29H,8-11H2,1H3,(H,28,30)(H,31,32)/t17-,19-/m1/s1. The molecule has 0 saturated heterocycles. The van der Waals surface area contributed by atoms with Gasteiger partial charge in [-0.1, -0.05) is 35.9 Å². The minimum Gasteiger partial charge on any atom is -0.481 e. The smallest absolute Gasteiger partial charge is 0.307 e. The molecule has 2 atom stereocenters. The minimum atomic E-state index is -1.05. The van der Waals surface area contributed by atoms with Gasteiger partial charge in [0.2, 0.25) is 0 Å². The van der Waals surface area contributed by atoms with Crippen molar-refractivity contribution >= 4 is 23.5 Å². The van der Waals surface area contributed by atoms with E-state index in [1.165, 1.54) is 18.3 Å². The van der Waals surface area contributed by atoms with E-state index in [1.807, 2.05) is 0 Å². The van der Waals surface area contributed by atoms with Gasteiger partial charge in [0, 0.05) is 23.2 Å². The van der Waals surface area contributed by atoms with Gasteiger partial charge in [-0.25, -0.2) is 9.37 Å². The molecule has 2 aromatic carbocycles. The number of aliphatic carboxylic acids is 1. The molecule has 0 radical (unpaired) electrons. The maximum absolute atomic E-state index is 14.2. The van der Waals surface area contributed by atoms with Gasteiger partial charge in [-0.15, -0.1) is 0 Å². The Hall–Kier alpha value is -3.23. The molecule has 9 heteroatoms. The van der Waals surface area contributed by atoms with E-state index in [1.54, 1.807) is 37.3 Å². The Labute approximate surface area is 195 Å². The zero-order valence-electron chi connectivity index (χ0n) is 17.9. The van der Waals surface area contributed by atoms with Crippen molar-refractivity contribution < 1.29 is 28.6 Å². The van der Waals surface area contributed by atoms with E-state index >= 15 is 0 Å². The van der Waals surface area contributed by atoms with Gasteiger partial charge in [0.15, 0.2) is 0 Å². The summed E-state index contributed by atoms with van der Waals surface area (Å²) in [6.45, 7) is 1.38. The first-order valence-corrected chi connectivity index (χ1v) is 10.8. The molecule has 0 saturated carbocycles. The zero-order chi connectivity index (χ0) is 24.0. The Morgan fingerprint density at radius 3 is 2.55 bits per heavy atom. The number of carboxylic acid groups (broad SMARTS) is 1. The highest BCUT2D eigenvalue weighted by molar-refractivity contribution is 6.30. The van der Waals surface area contributed by atoms with E-state index in [2.05, 4.69) is 10.3 Å². The molecule has 0 bridgehead atoms. The molecule has 3 rings (SSSR count). The summed E-state index contributed by atoms with van der Waals surface area (Å²) in [7, 11) is 0. The zero-order valence-corrected chi connectivity index (χ0v) is 18.7. The molecule has 0 aliphatic heterocycles. The number of aromatic nitrogens is 1. The molecule has 174 valence electrons. The molecule has 7 nitrogen and oxygen atoms in total. The van der Waals surface area contributed by atoms with Gasteiger partial charge in [-0.2, -0.15) is 0 Å². The topological polar surface area (TPSA) is 113 Å². The van der Waals surface area contributed by atoms with Crippen LogP contribution in [0.4, 0.5) is 4.39 Å². The quantitative estimate of drug-likeness (QED) is 0.405. The molecule has 0 fully saturated rings. The molecular formula is C24H24ClFN2O5. The number of halogens is 2. The highest BCUT2D eigenvalue weighted by Crippen LogP contribution is 2.27. The normalized spacial score (nSPS) is 12.8. The Bertz CT molecular complexity index is 1120. The second kappa shape index (κ2) is 11.1. The van der Waals surface area contributed by atoms with Crippen molar-refractivity contribution in [1.29, 1.82) is 0 Å². The first-order chi connectivity index (χ1) is 15.8. The SMILES string of the molecule is Cc1cnc(C(=O)N[C@H](Cc2ccc(-c3cc(Cl)ccc3F)cc2)C[C@@H](CCO)C(=O)O)o1. The van der Waals surface area contributed by atoms with E-state index in [0.29, 0.717) is 28.3 Å². The van der Waals surface area contributed by atoms with Crippen LogP contribution in [0.15, 0.2) is 53.1 Å². The summed E-state index contributed by atoms with van der Waals surface area (Å²) in [5.74, 6) is -2.48. The Kier molecular flexibility index (Phi) is 8.19. The van der Waals surface area contributed by atoms with Crippen molar-refractivity contribution in [3.8, 4) is 11.1 Å². The van der Waals surface area contributed by atoms with Gasteiger partial charge in [0.05, 0.1) is 12.1 Å². The second-order valence-electron chi connectivity index (χ2n) is 7.75.